The minimum absolute atomic E-state index is 0.0710. The van der Waals surface area contributed by atoms with Gasteiger partial charge in [-0.3, -0.25) is 0 Å². The molecule has 0 saturated carbocycles. The second-order valence-electron chi connectivity index (χ2n) is 5.35. The Bertz CT molecular complexity index is 420. The predicted molar refractivity (Wildman–Crippen MR) is 68.0 cm³/mol. The van der Waals surface area contributed by atoms with Crippen LogP contribution in [0.4, 0.5) is 4.39 Å². The van der Waals surface area contributed by atoms with Gasteiger partial charge in [-0.2, -0.15) is 0 Å². The molecular formula is C14H20FNO2. The van der Waals surface area contributed by atoms with Crippen molar-refractivity contribution in [1.82, 2.24) is 0 Å². The van der Waals surface area contributed by atoms with E-state index in [1.165, 1.54) is 12.1 Å². The van der Waals surface area contributed by atoms with Gasteiger partial charge in [-0.15, -0.1) is 0 Å². The Morgan fingerprint density at radius 1 is 1.44 bits per heavy atom. The maximum Gasteiger partial charge on any atom is 0.127 e. The predicted octanol–water partition coefficient (Wildman–Crippen LogP) is 2.62. The summed E-state index contributed by atoms with van der Waals surface area (Å²) in [6, 6.07) is 4.56. The first-order chi connectivity index (χ1) is 8.48. The van der Waals surface area contributed by atoms with E-state index in [0.717, 1.165) is 18.4 Å². The van der Waals surface area contributed by atoms with Crippen molar-refractivity contribution in [2.45, 2.75) is 44.9 Å². The first-order valence-electron chi connectivity index (χ1n) is 6.29. The Kier molecular flexibility index (Phi) is 3.88. The zero-order valence-electron chi connectivity index (χ0n) is 10.9. The molecule has 0 aliphatic carbocycles. The first-order valence-corrected chi connectivity index (χ1v) is 6.29. The molecule has 1 aliphatic heterocycles. The van der Waals surface area contributed by atoms with Gasteiger partial charge in [0.15, 0.2) is 0 Å². The van der Waals surface area contributed by atoms with Crippen LogP contribution in [0.2, 0.25) is 0 Å². The summed E-state index contributed by atoms with van der Waals surface area (Å²) in [5.41, 5.74) is 6.16. The van der Waals surface area contributed by atoms with Crippen molar-refractivity contribution >= 4 is 0 Å². The first kappa shape index (κ1) is 13.3. The fraction of sp³-hybridized carbons (Fsp3) is 0.571. The summed E-state index contributed by atoms with van der Waals surface area (Å²) in [5.74, 6) is 0.198. The maximum atomic E-state index is 13.3. The van der Waals surface area contributed by atoms with Crippen molar-refractivity contribution in [2.75, 3.05) is 6.61 Å². The summed E-state index contributed by atoms with van der Waals surface area (Å²) < 4.78 is 24.7. The van der Waals surface area contributed by atoms with Gasteiger partial charge in [0, 0.05) is 12.6 Å². The lowest BCUT2D eigenvalue weighted by atomic mass is 10.1. The van der Waals surface area contributed by atoms with Gasteiger partial charge in [-0.25, -0.2) is 4.39 Å². The Balaban J connectivity index is 1.92. The summed E-state index contributed by atoms with van der Waals surface area (Å²) in [7, 11) is 0. The van der Waals surface area contributed by atoms with E-state index >= 15 is 0 Å². The lowest BCUT2D eigenvalue weighted by Gasteiger charge is -2.19. The van der Waals surface area contributed by atoms with Gasteiger partial charge in [0.1, 0.15) is 18.2 Å². The van der Waals surface area contributed by atoms with Crippen molar-refractivity contribution in [3.63, 3.8) is 0 Å². The number of halogens is 1. The van der Waals surface area contributed by atoms with Gasteiger partial charge in [-0.1, -0.05) is 0 Å². The molecule has 1 aromatic carbocycles. The van der Waals surface area contributed by atoms with Crippen LogP contribution in [0, 0.1) is 5.82 Å². The molecule has 0 aromatic heterocycles. The van der Waals surface area contributed by atoms with Crippen molar-refractivity contribution in [1.29, 1.82) is 0 Å². The van der Waals surface area contributed by atoms with E-state index in [0.29, 0.717) is 18.9 Å². The molecule has 1 heterocycles. The topological polar surface area (TPSA) is 44.5 Å². The van der Waals surface area contributed by atoms with Crippen LogP contribution < -0.4 is 10.5 Å². The third-order valence-corrected chi connectivity index (χ3v) is 3.16. The molecule has 1 unspecified atom stereocenters. The highest BCUT2D eigenvalue weighted by atomic mass is 19.1. The third-order valence-electron chi connectivity index (χ3n) is 3.16. The SMILES string of the molecule is CC1(C)CCC(COc2cc(F)cc(CN)c2)O1. The molecule has 4 heteroatoms. The smallest absolute Gasteiger partial charge is 0.127 e. The number of benzene rings is 1. The van der Waals surface area contributed by atoms with Crippen LogP contribution in [-0.2, 0) is 11.3 Å². The fourth-order valence-electron chi connectivity index (χ4n) is 2.21. The molecule has 1 fully saturated rings. The van der Waals surface area contributed by atoms with Crippen LogP contribution in [0.5, 0.6) is 5.75 Å². The van der Waals surface area contributed by atoms with Crippen LogP contribution in [0.15, 0.2) is 18.2 Å². The molecule has 1 saturated heterocycles. The van der Waals surface area contributed by atoms with E-state index < -0.39 is 0 Å². The molecule has 1 aliphatic rings. The normalized spacial score (nSPS) is 22.1. The van der Waals surface area contributed by atoms with Gasteiger partial charge in [0.25, 0.3) is 0 Å². The van der Waals surface area contributed by atoms with Gasteiger partial charge in [0.2, 0.25) is 0 Å². The molecule has 100 valence electrons. The number of hydrogen-bond donors (Lipinski definition) is 1. The summed E-state index contributed by atoms with van der Waals surface area (Å²) in [4.78, 5) is 0. The van der Waals surface area contributed by atoms with Crippen LogP contribution >= 0.6 is 0 Å². The van der Waals surface area contributed by atoms with Crippen LogP contribution in [-0.4, -0.2) is 18.3 Å². The third kappa shape index (κ3) is 3.43. The van der Waals surface area contributed by atoms with Crippen LogP contribution in [0.25, 0.3) is 0 Å². The van der Waals surface area contributed by atoms with E-state index in [-0.39, 0.29) is 17.5 Å². The lowest BCUT2D eigenvalue weighted by Crippen LogP contribution is -2.23. The van der Waals surface area contributed by atoms with E-state index in [2.05, 4.69) is 13.8 Å². The summed E-state index contributed by atoms with van der Waals surface area (Å²) in [6.07, 6.45) is 2.09. The number of nitrogens with two attached hydrogens (primary N) is 1. The standard InChI is InChI=1S/C14H20FNO2/c1-14(2)4-3-12(18-14)9-17-13-6-10(8-16)5-11(15)7-13/h5-7,12H,3-4,8-9,16H2,1-2H3. The highest BCUT2D eigenvalue weighted by Crippen LogP contribution is 2.29. The minimum Gasteiger partial charge on any atom is -0.491 e. The average molecular weight is 253 g/mol. The largest absolute Gasteiger partial charge is 0.491 e. The Hall–Kier alpha value is -1.13. The van der Waals surface area contributed by atoms with Gasteiger partial charge in [-0.05, 0) is 44.4 Å². The second-order valence-corrected chi connectivity index (χ2v) is 5.35. The Morgan fingerprint density at radius 2 is 2.22 bits per heavy atom. The molecule has 2 N–H and O–H groups in total. The zero-order chi connectivity index (χ0) is 13.2. The highest BCUT2D eigenvalue weighted by Gasteiger charge is 2.31. The molecule has 1 aromatic rings. The minimum atomic E-state index is -0.319. The summed E-state index contributed by atoms with van der Waals surface area (Å²) >= 11 is 0. The van der Waals surface area contributed by atoms with Crippen LogP contribution in [0.1, 0.15) is 32.3 Å². The number of ether oxygens (including phenoxy) is 2. The van der Waals surface area contributed by atoms with Crippen molar-refractivity contribution < 1.29 is 13.9 Å². The van der Waals surface area contributed by atoms with Crippen molar-refractivity contribution in [2.24, 2.45) is 5.73 Å². The monoisotopic (exact) mass is 253 g/mol. The van der Waals surface area contributed by atoms with E-state index in [4.69, 9.17) is 15.2 Å². The van der Waals surface area contributed by atoms with Crippen molar-refractivity contribution in [3.8, 4) is 5.75 Å². The number of rotatable bonds is 4. The molecule has 18 heavy (non-hydrogen) atoms. The molecule has 2 rings (SSSR count). The van der Waals surface area contributed by atoms with E-state index in [1.54, 1.807) is 6.07 Å². The summed E-state index contributed by atoms with van der Waals surface area (Å²) in [6.45, 7) is 4.90. The van der Waals surface area contributed by atoms with Crippen LogP contribution in [0.3, 0.4) is 0 Å². The van der Waals surface area contributed by atoms with Crippen molar-refractivity contribution in [3.05, 3.63) is 29.6 Å². The van der Waals surface area contributed by atoms with Gasteiger partial charge in [0.05, 0.1) is 11.7 Å². The molecular weight excluding hydrogens is 233 g/mol. The molecule has 0 radical (unpaired) electrons. The molecule has 0 spiro atoms. The zero-order valence-corrected chi connectivity index (χ0v) is 10.9. The van der Waals surface area contributed by atoms with Gasteiger partial charge < -0.3 is 15.2 Å². The molecule has 0 amide bonds. The molecule has 0 bridgehead atoms. The van der Waals surface area contributed by atoms with Gasteiger partial charge >= 0.3 is 0 Å². The Morgan fingerprint density at radius 3 is 2.83 bits per heavy atom. The molecule has 3 nitrogen and oxygen atoms in total. The second kappa shape index (κ2) is 5.24. The Labute approximate surface area is 107 Å². The fourth-order valence-corrected chi connectivity index (χ4v) is 2.21. The summed E-state index contributed by atoms with van der Waals surface area (Å²) in [5, 5.41) is 0. The quantitative estimate of drug-likeness (QED) is 0.897. The maximum absolute atomic E-state index is 13.3. The van der Waals surface area contributed by atoms with E-state index in [9.17, 15) is 4.39 Å². The molecule has 1 atom stereocenters. The highest BCUT2D eigenvalue weighted by molar-refractivity contribution is 5.29. The average Bonchev–Trinajstić information content (AvgIpc) is 2.65. The van der Waals surface area contributed by atoms with E-state index in [1.807, 2.05) is 0 Å². The lowest BCUT2D eigenvalue weighted by molar-refractivity contribution is -0.0327. The number of hydrogen-bond acceptors (Lipinski definition) is 3.